The number of H-pyrrole nitrogens is 1. The summed E-state index contributed by atoms with van der Waals surface area (Å²) in [6, 6.07) is 8.14. The summed E-state index contributed by atoms with van der Waals surface area (Å²) < 4.78 is 13.0. The molecule has 25 heavy (non-hydrogen) atoms. The first-order valence-electron chi connectivity index (χ1n) is 8.52. The zero-order valence-electron chi connectivity index (χ0n) is 14.3. The molecule has 0 spiro atoms. The molecule has 3 rings (SSSR count). The Bertz CT molecular complexity index is 683. The average Bonchev–Trinajstić information content (AvgIpc) is 3.10. The maximum Gasteiger partial charge on any atom is 0.272 e. The molecule has 0 atom stereocenters. The van der Waals surface area contributed by atoms with Crippen LogP contribution in [0.5, 0.6) is 0 Å². The van der Waals surface area contributed by atoms with Gasteiger partial charge in [-0.15, -0.1) is 12.4 Å². The third-order valence-electron chi connectivity index (χ3n) is 4.42. The van der Waals surface area contributed by atoms with Crippen LogP contribution < -0.4 is 5.32 Å². The summed E-state index contributed by atoms with van der Waals surface area (Å²) in [7, 11) is 0. The van der Waals surface area contributed by atoms with Gasteiger partial charge in [0.25, 0.3) is 5.91 Å². The first-order chi connectivity index (χ1) is 11.7. The van der Waals surface area contributed by atoms with Crippen molar-refractivity contribution in [3.63, 3.8) is 0 Å². The summed E-state index contributed by atoms with van der Waals surface area (Å²) in [5.74, 6) is -0.296. The highest BCUT2D eigenvalue weighted by Crippen LogP contribution is 2.21. The second kappa shape index (κ2) is 8.97. The minimum absolute atomic E-state index is 0. The smallest absolute Gasteiger partial charge is 0.272 e. The van der Waals surface area contributed by atoms with E-state index in [1.54, 1.807) is 18.2 Å². The number of halogens is 2. The molecule has 0 bridgehead atoms. The third-order valence-corrected chi connectivity index (χ3v) is 4.42. The summed E-state index contributed by atoms with van der Waals surface area (Å²) >= 11 is 0. The van der Waals surface area contributed by atoms with Crippen LogP contribution >= 0.6 is 12.4 Å². The highest BCUT2D eigenvalue weighted by molar-refractivity contribution is 5.93. The molecule has 1 amide bonds. The predicted molar refractivity (Wildman–Crippen MR) is 98.4 cm³/mol. The first kappa shape index (κ1) is 19.4. The largest absolute Gasteiger partial charge is 0.334 e. The molecule has 1 aliphatic rings. The quantitative estimate of drug-likeness (QED) is 0.854. The number of amides is 1. The Morgan fingerprint density at radius 2 is 1.96 bits per heavy atom. The van der Waals surface area contributed by atoms with Gasteiger partial charge in [-0.05, 0) is 62.7 Å². The second-order valence-corrected chi connectivity index (χ2v) is 6.15. The van der Waals surface area contributed by atoms with Crippen molar-refractivity contribution in [1.82, 2.24) is 20.4 Å². The average molecular weight is 367 g/mol. The van der Waals surface area contributed by atoms with E-state index in [1.165, 1.54) is 12.1 Å². The normalized spacial score (nSPS) is 14.8. The van der Waals surface area contributed by atoms with Gasteiger partial charge in [-0.3, -0.25) is 9.89 Å². The van der Waals surface area contributed by atoms with Crippen LogP contribution in [0.4, 0.5) is 4.39 Å². The monoisotopic (exact) mass is 366 g/mol. The molecule has 1 fully saturated rings. The molecular formula is C18H24ClFN4O. The molecule has 0 unspecified atom stereocenters. The van der Waals surface area contributed by atoms with E-state index >= 15 is 0 Å². The minimum atomic E-state index is -0.286. The lowest BCUT2D eigenvalue weighted by Crippen LogP contribution is -2.46. The number of nitrogens with one attached hydrogen (secondary N) is 2. The van der Waals surface area contributed by atoms with Crippen LogP contribution in [0.1, 0.15) is 36.7 Å². The van der Waals surface area contributed by atoms with Crippen LogP contribution in [-0.2, 0) is 0 Å². The maximum absolute atomic E-state index is 13.0. The summed E-state index contributed by atoms with van der Waals surface area (Å²) in [5, 5.41) is 10.4. The van der Waals surface area contributed by atoms with Crippen LogP contribution in [0, 0.1) is 5.82 Å². The van der Waals surface area contributed by atoms with Gasteiger partial charge in [0, 0.05) is 18.2 Å². The fraction of sp³-hybridized carbons (Fsp3) is 0.444. The maximum atomic E-state index is 13.0. The van der Waals surface area contributed by atoms with Crippen molar-refractivity contribution in [3.05, 3.63) is 41.8 Å². The van der Waals surface area contributed by atoms with Crippen molar-refractivity contribution in [3.8, 4) is 11.3 Å². The molecule has 5 nitrogen and oxygen atoms in total. The van der Waals surface area contributed by atoms with E-state index < -0.39 is 0 Å². The Morgan fingerprint density at radius 1 is 1.28 bits per heavy atom. The third kappa shape index (κ3) is 4.58. The van der Waals surface area contributed by atoms with Gasteiger partial charge in [0.15, 0.2) is 0 Å². The summed E-state index contributed by atoms with van der Waals surface area (Å²) in [6.45, 7) is 4.72. The van der Waals surface area contributed by atoms with E-state index in [-0.39, 0.29) is 30.2 Å². The molecule has 2 heterocycles. The number of aromatic nitrogens is 2. The van der Waals surface area contributed by atoms with Crippen molar-refractivity contribution >= 4 is 18.3 Å². The number of hydrogen-bond acceptors (Lipinski definition) is 3. The molecule has 0 aliphatic carbocycles. The van der Waals surface area contributed by atoms with E-state index in [0.717, 1.165) is 44.5 Å². The first-order valence-corrected chi connectivity index (χ1v) is 8.52. The van der Waals surface area contributed by atoms with Gasteiger partial charge in [0.1, 0.15) is 11.5 Å². The topological polar surface area (TPSA) is 61.0 Å². The van der Waals surface area contributed by atoms with Crippen molar-refractivity contribution in [2.45, 2.75) is 32.2 Å². The fourth-order valence-electron chi connectivity index (χ4n) is 3.16. The van der Waals surface area contributed by atoms with Crippen LogP contribution in [0.25, 0.3) is 11.3 Å². The zero-order chi connectivity index (χ0) is 16.9. The molecule has 1 aromatic heterocycles. The van der Waals surface area contributed by atoms with Crippen LogP contribution in [0.2, 0.25) is 0 Å². The van der Waals surface area contributed by atoms with Crippen LogP contribution in [0.3, 0.4) is 0 Å². The van der Waals surface area contributed by atoms with Gasteiger partial charge in [-0.1, -0.05) is 6.92 Å². The minimum Gasteiger partial charge on any atom is -0.334 e. The van der Waals surface area contributed by atoms with Crippen molar-refractivity contribution in [2.24, 2.45) is 0 Å². The van der Waals surface area contributed by atoms with E-state index in [9.17, 15) is 9.18 Å². The molecule has 0 saturated carbocycles. The van der Waals surface area contributed by atoms with E-state index in [2.05, 4.69) is 22.4 Å². The Kier molecular flexibility index (Phi) is 6.96. The SMILES string of the molecule is CCCN(C(=O)c1cc(-c2ccc(F)cc2)n[nH]1)C1CCNCC1.Cl. The molecule has 7 heteroatoms. The number of benzene rings is 1. The molecule has 1 saturated heterocycles. The molecular weight excluding hydrogens is 343 g/mol. The zero-order valence-corrected chi connectivity index (χ0v) is 15.1. The molecule has 2 aromatic rings. The second-order valence-electron chi connectivity index (χ2n) is 6.15. The van der Waals surface area contributed by atoms with Gasteiger partial charge in [0.2, 0.25) is 0 Å². The Morgan fingerprint density at radius 3 is 2.60 bits per heavy atom. The van der Waals surface area contributed by atoms with Gasteiger partial charge < -0.3 is 10.2 Å². The van der Waals surface area contributed by atoms with Crippen LogP contribution in [0.15, 0.2) is 30.3 Å². The van der Waals surface area contributed by atoms with Gasteiger partial charge >= 0.3 is 0 Å². The lowest BCUT2D eigenvalue weighted by Gasteiger charge is -2.34. The molecule has 2 N–H and O–H groups in total. The lowest BCUT2D eigenvalue weighted by molar-refractivity contribution is 0.0636. The number of carbonyl (C=O) groups is 1. The van der Waals surface area contributed by atoms with E-state index in [0.29, 0.717) is 11.4 Å². The summed E-state index contributed by atoms with van der Waals surface area (Å²) in [6.07, 6.45) is 2.88. The van der Waals surface area contributed by atoms with Crippen molar-refractivity contribution < 1.29 is 9.18 Å². The van der Waals surface area contributed by atoms with Gasteiger partial charge in [-0.25, -0.2) is 4.39 Å². The van der Waals surface area contributed by atoms with Gasteiger partial charge in [0.05, 0.1) is 5.69 Å². The highest BCUT2D eigenvalue weighted by Gasteiger charge is 2.26. The van der Waals surface area contributed by atoms with E-state index in [4.69, 9.17) is 0 Å². The summed E-state index contributed by atoms with van der Waals surface area (Å²) in [5.41, 5.74) is 1.93. The Labute approximate surface area is 153 Å². The van der Waals surface area contributed by atoms with Crippen molar-refractivity contribution in [2.75, 3.05) is 19.6 Å². The molecule has 1 aliphatic heterocycles. The standard InChI is InChI=1S/C18H23FN4O.ClH/c1-2-11-23(15-7-9-20-10-8-15)18(24)17-12-16(21-22-17)13-3-5-14(19)6-4-13;/h3-6,12,15,20H,2,7-11H2,1H3,(H,21,22);1H. The number of piperidine rings is 1. The van der Waals surface area contributed by atoms with Crippen molar-refractivity contribution in [1.29, 1.82) is 0 Å². The number of nitrogens with zero attached hydrogens (tertiary/aromatic N) is 2. The number of aromatic amines is 1. The Hall–Kier alpha value is -1.92. The van der Waals surface area contributed by atoms with E-state index in [1.807, 2.05) is 4.90 Å². The Balaban J connectivity index is 0.00000225. The lowest BCUT2D eigenvalue weighted by atomic mass is 10.0. The van der Waals surface area contributed by atoms with Crippen LogP contribution in [-0.4, -0.2) is 46.7 Å². The number of rotatable bonds is 5. The fourth-order valence-corrected chi connectivity index (χ4v) is 3.16. The predicted octanol–water partition coefficient (Wildman–Crippen LogP) is 3.24. The number of carbonyl (C=O) groups excluding carboxylic acids is 1. The highest BCUT2D eigenvalue weighted by atomic mass is 35.5. The van der Waals surface area contributed by atoms with Gasteiger partial charge in [-0.2, -0.15) is 5.10 Å². The molecule has 136 valence electrons. The summed E-state index contributed by atoms with van der Waals surface area (Å²) in [4.78, 5) is 14.9. The molecule has 0 radical (unpaired) electrons. The number of hydrogen-bond donors (Lipinski definition) is 2. The molecule has 1 aromatic carbocycles.